The van der Waals surface area contributed by atoms with Crippen molar-refractivity contribution in [1.29, 1.82) is 0 Å². The molecule has 8 nitrogen and oxygen atoms in total. The molecule has 0 bridgehead atoms. The standard InChI is InChI=1S/C16H17N3O5S/c1-10-13(7-8-23-10)15(21)18-19-16(25)17-14(20)9-24-12-5-3-11(22-2)4-6-12/h3-8H,9H2,1-2H3,(H,18,21)(H2,17,19,20,25). The molecule has 3 N–H and O–H groups in total. The molecule has 0 unspecified atom stereocenters. The molecule has 2 amide bonds. The summed E-state index contributed by atoms with van der Waals surface area (Å²) >= 11 is 4.92. The van der Waals surface area contributed by atoms with Crippen LogP contribution in [-0.2, 0) is 4.79 Å². The number of aryl methyl sites for hydroxylation is 1. The number of amides is 2. The monoisotopic (exact) mass is 363 g/mol. The molecule has 0 spiro atoms. The van der Waals surface area contributed by atoms with E-state index in [9.17, 15) is 9.59 Å². The topological polar surface area (TPSA) is 102 Å². The largest absolute Gasteiger partial charge is 0.497 e. The Bertz CT molecular complexity index is 757. The minimum atomic E-state index is -0.470. The predicted molar refractivity (Wildman–Crippen MR) is 93.3 cm³/mol. The van der Waals surface area contributed by atoms with Gasteiger partial charge in [0.05, 0.1) is 18.9 Å². The Labute approximate surface area is 149 Å². The van der Waals surface area contributed by atoms with Crippen molar-refractivity contribution in [3.63, 3.8) is 0 Å². The number of thiocarbonyl (C=S) groups is 1. The predicted octanol–water partition coefficient (Wildman–Crippen LogP) is 1.31. The van der Waals surface area contributed by atoms with Crippen LogP contribution >= 0.6 is 12.2 Å². The van der Waals surface area contributed by atoms with Gasteiger partial charge in [0.2, 0.25) is 0 Å². The number of hydrogen-bond donors (Lipinski definition) is 3. The van der Waals surface area contributed by atoms with Crippen LogP contribution in [0, 0.1) is 6.92 Å². The molecule has 1 heterocycles. The summed E-state index contributed by atoms with van der Waals surface area (Å²) in [5, 5.41) is 2.32. The van der Waals surface area contributed by atoms with Crippen molar-refractivity contribution in [2.75, 3.05) is 13.7 Å². The molecule has 0 saturated carbocycles. The van der Waals surface area contributed by atoms with Crippen LogP contribution in [0.15, 0.2) is 41.0 Å². The lowest BCUT2D eigenvalue weighted by atomic mass is 10.2. The SMILES string of the molecule is COc1ccc(OCC(=O)NC(=S)NNC(=O)c2ccoc2C)cc1. The first kappa shape index (κ1) is 18.3. The zero-order chi connectivity index (χ0) is 18.2. The number of hydrogen-bond acceptors (Lipinski definition) is 6. The summed E-state index contributed by atoms with van der Waals surface area (Å²) in [6, 6.07) is 8.31. The smallest absolute Gasteiger partial charge is 0.273 e. The summed E-state index contributed by atoms with van der Waals surface area (Å²) in [5.41, 5.74) is 5.15. The summed E-state index contributed by atoms with van der Waals surface area (Å²) < 4.78 is 15.4. The molecule has 1 aromatic heterocycles. The van der Waals surface area contributed by atoms with Crippen LogP contribution < -0.4 is 25.6 Å². The van der Waals surface area contributed by atoms with E-state index in [1.807, 2.05) is 0 Å². The van der Waals surface area contributed by atoms with E-state index >= 15 is 0 Å². The van der Waals surface area contributed by atoms with Crippen LogP contribution in [0.25, 0.3) is 0 Å². The first-order valence-electron chi connectivity index (χ1n) is 7.20. The first-order valence-corrected chi connectivity index (χ1v) is 7.61. The first-order chi connectivity index (χ1) is 12.0. The van der Waals surface area contributed by atoms with E-state index in [0.29, 0.717) is 22.8 Å². The Kier molecular flexibility index (Phi) is 6.35. The van der Waals surface area contributed by atoms with Gasteiger partial charge in [-0.3, -0.25) is 25.8 Å². The van der Waals surface area contributed by atoms with Crippen molar-refractivity contribution >= 4 is 29.1 Å². The summed E-state index contributed by atoms with van der Waals surface area (Å²) in [5.74, 6) is 0.769. The van der Waals surface area contributed by atoms with Crippen molar-refractivity contribution in [2.24, 2.45) is 0 Å². The molecule has 2 rings (SSSR count). The Morgan fingerprint density at radius 1 is 1.12 bits per heavy atom. The lowest BCUT2D eigenvalue weighted by Crippen LogP contribution is -2.49. The lowest BCUT2D eigenvalue weighted by Gasteiger charge is -2.11. The molecule has 0 radical (unpaired) electrons. The number of hydrazine groups is 1. The molecular formula is C16H17N3O5S. The third kappa shape index (κ3) is 5.50. The zero-order valence-corrected chi connectivity index (χ0v) is 14.4. The number of rotatable bonds is 5. The van der Waals surface area contributed by atoms with Gasteiger partial charge in [0.1, 0.15) is 17.3 Å². The molecule has 0 aliphatic carbocycles. The van der Waals surface area contributed by atoms with E-state index in [1.165, 1.54) is 12.3 Å². The minimum Gasteiger partial charge on any atom is -0.497 e. The van der Waals surface area contributed by atoms with Crippen molar-refractivity contribution in [3.8, 4) is 11.5 Å². The molecule has 25 heavy (non-hydrogen) atoms. The van der Waals surface area contributed by atoms with Crippen molar-refractivity contribution in [3.05, 3.63) is 47.9 Å². The van der Waals surface area contributed by atoms with Crippen LogP contribution in [0.2, 0.25) is 0 Å². The highest BCUT2D eigenvalue weighted by Gasteiger charge is 2.12. The molecular weight excluding hydrogens is 346 g/mol. The second kappa shape index (κ2) is 8.69. The fraction of sp³-hybridized carbons (Fsp3) is 0.188. The fourth-order valence-electron chi connectivity index (χ4n) is 1.82. The quantitative estimate of drug-likeness (QED) is 0.544. The Hall–Kier alpha value is -3.07. The number of ether oxygens (including phenoxy) is 2. The van der Waals surface area contributed by atoms with Crippen molar-refractivity contribution in [1.82, 2.24) is 16.2 Å². The van der Waals surface area contributed by atoms with Gasteiger partial charge in [-0.1, -0.05) is 0 Å². The summed E-state index contributed by atoms with van der Waals surface area (Å²) in [6.07, 6.45) is 1.40. The molecule has 9 heteroatoms. The van der Waals surface area contributed by atoms with Gasteiger partial charge in [0, 0.05) is 0 Å². The van der Waals surface area contributed by atoms with E-state index < -0.39 is 11.8 Å². The van der Waals surface area contributed by atoms with E-state index in [-0.39, 0.29) is 11.7 Å². The Morgan fingerprint density at radius 3 is 2.40 bits per heavy atom. The maximum Gasteiger partial charge on any atom is 0.273 e. The number of carbonyl (C=O) groups excluding carboxylic acids is 2. The average molecular weight is 363 g/mol. The van der Waals surface area contributed by atoms with Gasteiger partial charge < -0.3 is 13.9 Å². The fourth-order valence-corrected chi connectivity index (χ4v) is 1.98. The third-order valence-electron chi connectivity index (χ3n) is 3.08. The van der Waals surface area contributed by atoms with Gasteiger partial charge in [0.25, 0.3) is 11.8 Å². The summed E-state index contributed by atoms with van der Waals surface area (Å²) in [4.78, 5) is 23.6. The number of nitrogens with one attached hydrogen (secondary N) is 3. The Morgan fingerprint density at radius 2 is 1.80 bits per heavy atom. The van der Waals surface area contributed by atoms with Gasteiger partial charge in [-0.25, -0.2) is 0 Å². The highest BCUT2D eigenvalue weighted by Crippen LogP contribution is 2.16. The number of methoxy groups -OCH3 is 1. The third-order valence-corrected chi connectivity index (χ3v) is 3.28. The van der Waals surface area contributed by atoms with E-state index in [2.05, 4.69) is 16.2 Å². The molecule has 0 saturated heterocycles. The normalized spacial score (nSPS) is 9.84. The van der Waals surface area contributed by atoms with Gasteiger partial charge in [-0.2, -0.15) is 0 Å². The molecule has 0 aliphatic rings. The molecule has 0 atom stereocenters. The van der Waals surface area contributed by atoms with Crippen LogP contribution in [0.4, 0.5) is 0 Å². The molecule has 0 fully saturated rings. The highest BCUT2D eigenvalue weighted by atomic mass is 32.1. The number of furan rings is 1. The van der Waals surface area contributed by atoms with Gasteiger partial charge in [0.15, 0.2) is 11.7 Å². The molecule has 132 valence electrons. The van der Waals surface area contributed by atoms with Crippen LogP contribution in [0.3, 0.4) is 0 Å². The van der Waals surface area contributed by atoms with Crippen molar-refractivity contribution < 1.29 is 23.5 Å². The summed E-state index contributed by atoms with van der Waals surface area (Å²) in [7, 11) is 1.56. The van der Waals surface area contributed by atoms with Gasteiger partial charge in [-0.05, 0) is 49.5 Å². The second-order valence-electron chi connectivity index (χ2n) is 4.81. The number of carbonyl (C=O) groups is 2. The number of benzene rings is 1. The maximum atomic E-state index is 11.8. The van der Waals surface area contributed by atoms with E-state index in [4.69, 9.17) is 26.1 Å². The average Bonchev–Trinajstić information content (AvgIpc) is 3.04. The lowest BCUT2D eigenvalue weighted by molar-refractivity contribution is -0.121. The van der Waals surface area contributed by atoms with Crippen LogP contribution in [0.1, 0.15) is 16.1 Å². The Balaban J connectivity index is 1.71. The highest BCUT2D eigenvalue weighted by molar-refractivity contribution is 7.80. The van der Waals surface area contributed by atoms with Gasteiger partial charge in [-0.15, -0.1) is 0 Å². The van der Waals surface area contributed by atoms with Crippen LogP contribution in [-0.4, -0.2) is 30.6 Å². The molecule has 2 aromatic rings. The van der Waals surface area contributed by atoms with Crippen LogP contribution in [0.5, 0.6) is 11.5 Å². The second-order valence-corrected chi connectivity index (χ2v) is 5.22. The van der Waals surface area contributed by atoms with E-state index in [0.717, 1.165) is 0 Å². The van der Waals surface area contributed by atoms with Gasteiger partial charge >= 0.3 is 0 Å². The molecule has 1 aromatic carbocycles. The summed E-state index contributed by atoms with van der Waals surface area (Å²) in [6.45, 7) is 1.43. The van der Waals surface area contributed by atoms with E-state index in [1.54, 1.807) is 38.3 Å². The van der Waals surface area contributed by atoms with Crippen molar-refractivity contribution in [2.45, 2.75) is 6.92 Å². The minimum absolute atomic E-state index is 0.0576. The maximum absolute atomic E-state index is 11.8. The molecule has 0 aliphatic heterocycles. The zero-order valence-electron chi connectivity index (χ0n) is 13.6.